The van der Waals surface area contributed by atoms with Crippen molar-refractivity contribution >= 4 is 22.9 Å². The van der Waals surface area contributed by atoms with E-state index in [-0.39, 0.29) is 5.91 Å². The number of aryl methyl sites for hydroxylation is 1. The monoisotopic (exact) mass is 402 g/mol. The molecule has 0 bridgehead atoms. The summed E-state index contributed by atoms with van der Waals surface area (Å²) in [6.45, 7) is 8.30. The van der Waals surface area contributed by atoms with E-state index in [0.717, 1.165) is 33.6 Å². The van der Waals surface area contributed by atoms with Crippen molar-refractivity contribution in [3.63, 3.8) is 0 Å². The highest BCUT2D eigenvalue weighted by atomic mass is 16.5. The van der Waals surface area contributed by atoms with E-state index in [9.17, 15) is 4.79 Å². The summed E-state index contributed by atoms with van der Waals surface area (Å²) in [4.78, 5) is 13.0. The lowest BCUT2D eigenvalue weighted by Crippen LogP contribution is -2.14. The first kappa shape index (κ1) is 21.0. The van der Waals surface area contributed by atoms with E-state index in [0.29, 0.717) is 22.7 Å². The second kappa shape index (κ2) is 8.74. The van der Waals surface area contributed by atoms with E-state index >= 15 is 0 Å². The van der Waals surface area contributed by atoms with Gasteiger partial charge in [0.2, 0.25) is 0 Å². The second-order valence-corrected chi connectivity index (χ2v) is 7.06. The molecule has 0 spiro atoms. The van der Waals surface area contributed by atoms with E-state index in [1.165, 1.54) is 7.11 Å². The van der Waals surface area contributed by atoms with Crippen LogP contribution in [0.25, 0.3) is 5.57 Å². The summed E-state index contributed by atoms with van der Waals surface area (Å²) < 4.78 is 10.9. The van der Waals surface area contributed by atoms with Gasteiger partial charge in [0.1, 0.15) is 11.5 Å². The third-order valence-electron chi connectivity index (χ3n) is 5.19. The summed E-state index contributed by atoms with van der Waals surface area (Å²) in [6.07, 6.45) is 0. The number of amides is 1. The van der Waals surface area contributed by atoms with Crippen LogP contribution in [0.15, 0.2) is 61.2 Å². The predicted octanol–water partition coefficient (Wildman–Crippen LogP) is 5.22. The number of hydrogen-bond donors (Lipinski definition) is 2. The lowest BCUT2D eigenvalue weighted by molar-refractivity contribution is 0.102. The molecule has 0 heterocycles. The van der Waals surface area contributed by atoms with Gasteiger partial charge in [-0.3, -0.25) is 4.79 Å². The lowest BCUT2D eigenvalue weighted by atomic mass is 9.94. The third-order valence-corrected chi connectivity index (χ3v) is 5.19. The van der Waals surface area contributed by atoms with Crippen LogP contribution in [-0.4, -0.2) is 20.1 Å². The maximum atomic E-state index is 13.0. The molecule has 5 nitrogen and oxygen atoms in total. The number of para-hydroxylation sites is 2. The van der Waals surface area contributed by atoms with Crippen LogP contribution in [0.5, 0.6) is 11.5 Å². The maximum absolute atomic E-state index is 13.0. The van der Waals surface area contributed by atoms with Crippen molar-refractivity contribution in [2.75, 3.05) is 25.3 Å². The Balaban J connectivity index is 1.98. The Labute approximate surface area is 177 Å². The molecule has 30 heavy (non-hydrogen) atoms. The van der Waals surface area contributed by atoms with Crippen molar-refractivity contribution in [2.45, 2.75) is 13.8 Å². The Morgan fingerprint density at radius 3 is 2.30 bits per heavy atom. The molecule has 0 saturated carbocycles. The van der Waals surface area contributed by atoms with Gasteiger partial charge >= 0.3 is 0 Å². The van der Waals surface area contributed by atoms with Crippen molar-refractivity contribution in [1.82, 2.24) is 0 Å². The van der Waals surface area contributed by atoms with Gasteiger partial charge in [-0.05, 0) is 72.0 Å². The topological polar surface area (TPSA) is 73.6 Å². The molecular formula is C25H26N2O3. The van der Waals surface area contributed by atoms with Gasteiger partial charge in [-0.25, -0.2) is 0 Å². The molecule has 0 aliphatic carbocycles. The SMILES string of the molecule is C=C(c1cc(C)c(C)c(OC)c1)c1ccc(OC)c(C(=O)Nc2ccccc2N)c1. The highest BCUT2D eigenvalue weighted by Gasteiger charge is 2.16. The zero-order chi connectivity index (χ0) is 21.8. The van der Waals surface area contributed by atoms with Crippen molar-refractivity contribution in [2.24, 2.45) is 0 Å². The number of benzene rings is 3. The minimum absolute atomic E-state index is 0.308. The van der Waals surface area contributed by atoms with Gasteiger partial charge in [-0.1, -0.05) is 30.8 Å². The van der Waals surface area contributed by atoms with E-state index in [1.54, 1.807) is 31.4 Å². The van der Waals surface area contributed by atoms with Gasteiger partial charge in [-0.15, -0.1) is 0 Å². The zero-order valence-corrected chi connectivity index (χ0v) is 17.7. The van der Waals surface area contributed by atoms with Crippen molar-refractivity contribution in [1.29, 1.82) is 0 Å². The molecule has 3 aromatic rings. The first-order valence-electron chi connectivity index (χ1n) is 9.54. The van der Waals surface area contributed by atoms with Crippen molar-refractivity contribution in [3.8, 4) is 11.5 Å². The van der Waals surface area contributed by atoms with Crippen LogP contribution in [-0.2, 0) is 0 Å². The quantitative estimate of drug-likeness (QED) is 0.555. The fourth-order valence-electron chi connectivity index (χ4n) is 3.25. The van der Waals surface area contributed by atoms with Crippen LogP contribution < -0.4 is 20.5 Å². The van der Waals surface area contributed by atoms with Gasteiger partial charge in [0.15, 0.2) is 0 Å². The molecule has 3 N–H and O–H groups in total. The Kier molecular flexibility index (Phi) is 6.11. The summed E-state index contributed by atoms with van der Waals surface area (Å²) in [5.41, 5.74) is 12.1. The first-order valence-corrected chi connectivity index (χ1v) is 9.54. The molecule has 0 unspecified atom stereocenters. The maximum Gasteiger partial charge on any atom is 0.259 e. The third kappa shape index (κ3) is 4.15. The smallest absolute Gasteiger partial charge is 0.259 e. The molecule has 0 radical (unpaired) electrons. The van der Waals surface area contributed by atoms with Gasteiger partial charge in [-0.2, -0.15) is 0 Å². The molecule has 154 valence electrons. The number of anilines is 2. The molecule has 0 fully saturated rings. The Bertz CT molecular complexity index is 1120. The van der Waals surface area contributed by atoms with E-state index < -0.39 is 0 Å². The number of rotatable bonds is 6. The van der Waals surface area contributed by atoms with Crippen LogP contribution in [0, 0.1) is 13.8 Å². The molecular weight excluding hydrogens is 376 g/mol. The van der Waals surface area contributed by atoms with Crippen LogP contribution >= 0.6 is 0 Å². The lowest BCUT2D eigenvalue weighted by Gasteiger charge is -2.15. The van der Waals surface area contributed by atoms with E-state index in [1.807, 2.05) is 38.1 Å². The first-order chi connectivity index (χ1) is 14.3. The summed E-state index contributed by atoms with van der Waals surface area (Å²) in [5, 5.41) is 2.85. The Morgan fingerprint density at radius 2 is 1.63 bits per heavy atom. The molecule has 0 aliphatic heterocycles. The molecule has 3 aromatic carbocycles. The molecule has 0 aliphatic rings. The minimum atomic E-state index is -0.308. The average molecular weight is 402 g/mol. The summed E-state index contributed by atoms with van der Waals surface area (Å²) in [5.74, 6) is 0.963. The average Bonchev–Trinajstić information content (AvgIpc) is 2.76. The van der Waals surface area contributed by atoms with E-state index in [2.05, 4.69) is 18.0 Å². The Hall–Kier alpha value is -3.73. The van der Waals surface area contributed by atoms with Crippen LogP contribution in [0.1, 0.15) is 32.6 Å². The van der Waals surface area contributed by atoms with Gasteiger partial charge in [0, 0.05) is 0 Å². The number of ether oxygens (including phenoxy) is 2. The molecule has 5 heteroatoms. The summed E-state index contributed by atoms with van der Waals surface area (Å²) >= 11 is 0. The second-order valence-electron chi connectivity index (χ2n) is 7.06. The normalized spacial score (nSPS) is 10.4. The van der Waals surface area contributed by atoms with Crippen LogP contribution in [0.2, 0.25) is 0 Å². The molecule has 1 amide bonds. The number of nitrogens with one attached hydrogen (secondary N) is 1. The number of methoxy groups -OCH3 is 2. The number of hydrogen-bond acceptors (Lipinski definition) is 4. The fraction of sp³-hybridized carbons (Fsp3) is 0.160. The summed E-state index contributed by atoms with van der Waals surface area (Å²) in [7, 11) is 3.19. The molecule has 3 rings (SSSR count). The van der Waals surface area contributed by atoms with Crippen molar-refractivity contribution < 1.29 is 14.3 Å². The van der Waals surface area contributed by atoms with Gasteiger partial charge < -0.3 is 20.5 Å². The highest BCUT2D eigenvalue weighted by Crippen LogP contribution is 2.32. The van der Waals surface area contributed by atoms with Gasteiger partial charge in [0.25, 0.3) is 5.91 Å². The molecule has 0 saturated heterocycles. The van der Waals surface area contributed by atoms with Crippen molar-refractivity contribution in [3.05, 3.63) is 89.0 Å². The largest absolute Gasteiger partial charge is 0.496 e. The fourth-order valence-corrected chi connectivity index (χ4v) is 3.25. The summed E-state index contributed by atoms with van der Waals surface area (Å²) in [6, 6.07) is 16.6. The molecule has 0 aromatic heterocycles. The highest BCUT2D eigenvalue weighted by molar-refractivity contribution is 6.08. The molecule has 0 atom stereocenters. The number of carbonyl (C=O) groups excluding carboxylic acids is 1. The number of carbonyl (C=O) groups is 1. The number of nitrogens with two attached hydrogens (primary N) is 1. The van der Waals surface area contributed by atoms with Gasteiger partial charge in [0.05, 0.1) is 31.2 Å². The van der Waals surface area contributed by atoms with Crippen LogP contribution in [0.4, 0.5) is 11.4 Å². The van der Waals surface area contributed by atoms with Crippen LogP contribution in [0.3, 0.4) is 0 Å². The van der Waals surface area contributed by atoms with E-state index in [4.69, 9.17) is 15.2 Å². The minimum Gasteiger partial charge on any atom is -0.496 e. The Morgan fingerprint density at radius 1 is 0.933 bits per heavy atom. The zero-order valence-electron chi connectivity index (χ0n) is 17.7. The number of nitrogen functional groups attached to an aromatic ring is 1. The standard InChI is InChI=1S/C25H26N2O3/c1-15-12-19(14-24(30-5)16(15)2)17(3)18-10-11-23(29-4)20(13-18)25(28)27-22-9-7-6-8-21(22)26/h6-14H,3,26H2,1-2,4-5H3,(H,27,28). The predicted molar refractivity (Wildman–Crippen MR) is 122 cm³/mol.